The van der Waals surface area contributed by atoms with Crippen LogP contribution >= 0.6 is 11.6 Å². The van der Waals surface area contributed by atoms with Gasteiger partial charge in [-0.3, -0.25) is 9.48 Å². The van der Waals surface area contributed by atoms with Gasteiger partial charge in [0.15, 0.2) is 5.78 Å². The van der Waals surface area contributed by atoms with E-state index in [-0.39, 0.29) is 18.0 Å². The zero-order chi connectivity index (χ0) is 14.9. The summed E-state index contributed by atoms with van der Waals surface area (Å²) >= 11 is 6.12. The summed E-state index contributed by atoms with van der Waals surface area (Å²) < 4.78 is 20.4. The molecule has 0 saturated heterocycles. The van der Waals surface area contributed by atoms with E-state index in [4.69, 9.17) is 16.3 Å². The van der Waals surface area contributed by atoms with Crippen molar-refractivity contribution < 1.29 is 13.9 Å². The van der Waals surface area contributed by atoms with Crippen LogP contribution in [0.1, 0.15) is 28.7 Å². The molecule has 1 aromatic heterocycles. The molecule has 0 radical (unpaired) electrons. The number of benzene rings is 1. The molecular weight excluding hydrogens is 283 g/mol. The minimum atomic E-state index is -0.475. The zero-order valence-electron chi connectivity index (χ0n) is 11.4. The molecule has 0 fully saturated rings. The van der Waals surface area contributed by atoms with Gasteiger partial charge < -0.3 is 4.74 Å². The van der Waals surface area contributed by atoms with Gasteiger partial charge in [-0.2, -0.15) is 5.10 Å². The lowest BCUT2D eigenvalue weighted by Gasteiger charge is -2.10. The average molecular weight is 297 g/mol. The van der Waals surface area contributed by atoms with Crippen molar-refractivity contribution in [3.05, 3.63) is 46.0 Å². The predicted molar refractivity (Wildman–Crippen MR) is 73.7 cm³/mol. The molecule has 0 aliphatic rings. The summed E-state index contributed by atoms with van der Waals surface area (Å²) in [6, 6.07) is 3.84. The summed E-state index contributed by atoms with van der Waals surface area (Å²) in [6.45, 7) is 3.32. The molecule has 20 heavy (non-hydrogen) atoms. The topological polar surface area (TPSA) is 44.1 Å². The van der Waals surface area contributed by atoms with Gasteiger partial charge in [0.1, 0.15) is 18.2 Å². The average Bonchev–Trinajstić information content (AvgIpc) is 2.62. The first-order valence-corrected chi connectivity index (χ1v) is 6.39. The number of hydrogen-bond donors (Lipinski definition) is 0. The fourth-order valence-electron chi connectivity index (χ4n) is 1.89. The quantitative estimate of drug-likeness (QED) is 0.813. The molecule has 106 valence electrons. The first kappa shape index (κ1) is 14.5. The van der Waals surface area contributed by atoms with Crippen LogP contribution in [0.2, 0.25) is 5.02 Å². The molecule has 0 amide bonds. The SMILES string of the molecule is CC(=O)c1cc(F)ccc1OCc1c(Cl)c(C)nn1C. The van der Waals surface area contributed by atoms with E-state index in [1.54, 1.807) is 18.7 Å². The Morgan fingerprint density at radius 1 is 1.50 bits per heavy atom. The maximum atomic E-state index is 13.2. The van der Waals surface area contributed by atoms with Crippen LogP contribution in [0, 0.1) is 12.7 Å². The summed E-state index contributed by atoms with van der Waals surface area (Å²) in [5.74, 6) is -0.405. The highest BCUT2D eigenvalue weighted by Gasteiger charge is 2.14. The smallest absolute Gasteiger partial charge is 0.163 e. The summed E-state index contributed by atoms with van der Waals surface area (Å²) in [5, 5.41) is 4.70. The largest absolute Gasteiger partial charge is 0.486 e. The lowest BCUT2D eigenvalue weighted by molar-refractivity contribution is 0.101. The van der Waals surface area contributed by atoms with Crippen molar-refractivity contribution in [2.75, 3.05) is 0 Å². The first-order chi connectivity index (χ1) is 9.40. The van der Waals surface area contributed by atoms with E-state index < -0.39 is 5.82 Å². The van der Waals surface area contributed by atoms with E-state index >= 15 is 0 Å². The highest BCUT2D eigenvalue weighted by molar-refractivity contribution is 6.31. The normalized spacial score (nSPS) is 10.7. The van der Waals surface area contributed by atoms with E-state index in [1.807, 2.05) is 0 Å². The van der Waals surface area contributed by atoms with E-state index in [0.29, 0.717) is 22.2 Å². The molecule has 0 spiro atoms. The van der Waals surface area contributed by atoms with Crippen molar-refractivity contribution >= 4 is 17.4 Å². The van der Waals surface area contributed by atoms with Crippen LogP contribution in [0.3, 0.4) is 0 Å². The maximum Gasteiger partial charge on any atom is 0.163 e. The van der Waals surface area contributed by atoms with Crippen LogP contribution in [0.4, 0.5) is 4.39 Å². The molecule has 0 unspecified atom stereocenters. The Labute approximate surface area is 121 Å². The molecule has 1 aromatic carbocycles. The Bertz CT molecular complexity index is 667. The van der Waals surface area contributed by atoms with E-state index in [9.17, 15) is 9.18 Å². The number of rotatable bonds is 4. The van der Waals surface area contributed by atoms with Crippen molar-refractivity contribution in [1.82, 2.24) is 9.78 Å². The van der Waals surface area contributed by atoms with Crippen LogP contribution in [0.5, 0.6) is 5.75 Å². The molecule has 0 aliphatic heterocycles. The van der Waals surface area contributed by atoms with Crippen molar-refractivity contribution in [3.63, 3.8) is 0 Å². The van der Waals surface area contributed by atoms with Crippen LogP contribution in [0.25, 0.3) is 0 Å². The van der Waals surface area contributed by atoms with Crippen LogP contribution in [-0.4, -0.2) is 15.6 Å². The summed E-state index contributed by atoms with van der Waals surface area (Å²) in [4.78, 5) is 11.5. The van der Waals surface area contributed by atoms with Crippen molar-refractivity contribution in [2.45, 2.75) is 20.5 Å². The number of carbonyl (C=O) groups is 1. The van der Waals surface area contributed by atoms with Gasteiger partial charge in [-0.05, 0) is 32.0 Å². The molecule has 2 aromatic rings. The number of ketones is 1. The Balaban J connectivity index is 2.25. The number of Topliss-reactive ketones (excluding diaryl/α,β-unsaturated/α-hetero) is 1. The molecule has 0 N–H and O–H groups in total. The Morgan fingerprint density at radius 2 is 2.20 bits per heavy atom. The number of ether oxygens (including phenoxy) is 1. The fraction of sp³-hybridized carbons (Fsp3) is 0.286. The molecule has 1 heterocycles. The minimum absolute atomic E-state index is 0.155. The van der Waals surface area contributed by atoms with Gasteiger partial charge in [0.2, 0.25) is 0 Å². The minimum Gasteiger partial charge on any atom is -0.486 e. The molecule has 0 atom stereocenters. The third kappa shape index (κ3) is 2.82. The van der Waals surface area contributed by atoms with Gasteiger partial charge in [-0.1, -0.05) is 11.6 Å². The third-order valence-electron chi connectivity index (χ3n) is 2.95. The molecule has 2 rings (SSSR count). The lowest BCUT2D eigenvalue weighted by atomic mass is 10.1. The predicted octanol–water partition coefficient (Wildman–Crippen LogP) is 3.30. The number of nitrogens with zero attached hydrogens (tertiary/aromatic N) is 2. The third-order valence-corrected chi connectivity index (χ3v) is 3.44. The van der Waals surface area contributed by atoms with Gasteiger partial charge >= 0.3 is 0 Å². The van der Waals surface area contributed by atoms with Gasteiger partial charge in [0.05, 0.1) is 22.0 Å². The van der Waals surface area contributed by atoms with E-state index in [1.165, 1.54) is 19.1 Å². The molecule has 6 heteroatoms. The van der Waals surface area contributed by atoms with Crippen LogP contribution < -0.4 is 4.74 Å². The summed E-state index contributed by atoms with van der Waals surface area (Å²) in [6.07, 6.45) is 0. The number of halogens is 2. The zero-order valence-corrected chi connectivity index (χ0v) is 12.2. The first-order valence-electron chi connectivity index (χ1n) is 6.01. The molecule has 0 aliphatic carbocycles. The number of hydrogen-bond acceptors (Lipinski definition) is 3. The highest BCUT2D eigenvalue weighted by atomic mass is 35.5. The number of carbonyl (C=O) groups excluding carboxylic acids is 1. The monoisotopic (exact) mass is 296 g/mol. The van der Waals surface area contributed by atoms with Crippen LogP contribution in [0.15, 0.2) is 18.2 Å². The second-order valence-electron chi connectivity index (χ2n) is 4.46. The second-order valence-corrected chi connectivity index (χ2v) is 4.83. The van der Waals surface area contributed by atoms with Crippen molar-refractivity contribution in [3.8, 4) is 5.75 Å². The number of aromatic nitrogens is 2. The van der Waals surface area contributed by atoms with Gasteiger partial charge in [0.25, 0.3) is 0 Å². The van der Waals surface area contributed by atoms with Crippen molar-refractivity contribution in [2.24, 2.45) is 7.05 Å². The van der Waals surface area contributed by atoms with E-state index in [2.05, 4.69) is 5.10 Å². The second kappa shape index (κ2) is 5.63. The molecule has 0 saturated carbocycles. The summed E-state index contributed by atoms with van der Waals surface area (Å²) in [5.41, 5.74) is 1.61. The maximum absolute atomic E-state index is 13.2. The molecule has 0 bridgehead atoms. The van der Waals surface area contributed by atoms with Gasteiger partial charge in [-0.15, -0.1) is 0 Å². The number of aryl methyl sites for hydroxylation is 2. The lowest BCUT2D eigenvalue weighted by Crippen LogP contribution is -2.06. The van der Waals surface area contributed by atoms with Crippen LogP contribution in [-0.2, 0) is 13.7 Å². The molecule has 4 nitrogen and oxygen atoms in total. The Morgan fingerprint density at radius 3 is 2.75 bits per heavy atom. The van der Waals surface area contributed by atoms with Crippen molar-refractivity contribution in [1.29, 1.82) is 0 Å². The van der Waals surface area contributed by atoms with E-state index in [0.717, 1.165) is 6.07 Å². The Kier molecular flexibility index (Phi) is 4.09. The Hall–Kier alpha value is -1.88. The highest BCUT2D eigenvalue weighted by Crippen LogP contribution is 2.24. The summed E-state index contributed by atoms with van der Waals surface area (Å²) in [7, 11) is 1.76. The van der Waals surface area contributed by atoms with Gasteiger partial charge in [-0.25, -0.2) is 4.39 Å². The standard InChI is InChI=1S/C14H14ClFN2O2/c1-8-14(15)12(18(3)17-8)7-20-13-5-4-10(16)6-11(13)9(2)19/h4-6H,7H2,1-3H3. The fourth-order valence-corrected chi connectivity index (χ4v) is 2.10. The van der Waals surface area contributed by atoms with Gasteiger partial charge in [0, 0.05) is 7.05 Å². The molecular formula is C14H14ClFN2O2.